The van der Waals surface area contributed by atoms with E-state index in [1.807, 2.05) is 11.0 Å². The predicted molar refractivity (Wildman–Crippen MR) is 87.7 cm³/mol. The molecule has 0 spiro atoms. The first-order chi connectivity index (χ1) is 11.1. The van der Waals surface area contributed by atoms with Crippen molar-refractivity contribution >= 4 is 11.6 Å². The summed E-state index contributed by atoms with van der Waals surface area (Å²) in [5.74, 6) is 0.347. The van der Waals surface area contributed by atoms with Crippen molar-refractivity contribution in [3.05, 3.63) is 29.6 Å². The number of hydrogen-bond donors (Lipinski definition) is 2. The van der Waals surface area contributed by atoms with Gasteiger partial charge in [0.2, 0.25) is 5.91 Å². The number of piperidine rings is 1. The van der Waals surface area contributed by atoms with Crippen LogP contribution < -0.4 is 10.2 Å². The first-order valence-electron chi connectivity index (χ1n) is 8.60. The Morgan fingerprint density at radius 1 is 1.26 bits per heavy atom. The molecule has 1 amide bonds. The van der Waals surface area contributed by atoms with Gasteiger partial charge in [-0.1, -0.05) is 12.5 Å². The van der Waals surface area contributed by atoms with Crippen LogP contribution in [0, 0.1) is 11.7 Å². The number of hydrogen-bond acceptors (Lipinski definition) is 3. The van der Waals surface area contributed by atoms with Crippen molar-refractivity contribution in [1.29, 1.82) is 0 Å². The second kappa shape index (κ2) is 7.30. The maximum absolute atomic E-state index is 14.3. The molecule has 2 fully saturated rings. The smallest absolute Gasteiger partial charge is 0.220 e. The molecule has 1 aliphatic heterocycles. The van der Waals surface area contributed by atoms with Gasteiger partial charge in [0, 0.05) is 26.1 Å². The molecular formula is C18H25FN2O2. The number of benzene rings is 1. The molecule has 1 saturated carbocycles. The van der Waals surface area contributed by atoms with E-state index >= 15 is 0 Å². The van der Waals surface area contributed by atoms with Crippen molar-refractivity contribution in [2.75, 3.05) is 18.0 Å². The zero-order valence-corrected chi connectivity index (χ0v) is 13.4. The molecule has 0 bridgehead atoms. The average molecular weight is 320 g/mol. The van der Waals surface area contributed by atoms with E-state index in [0.717, 1.165) is 18.4 Å². The van der Waals surface area contributed by atoms with Gasteiger partial charge in [-0.15, -0.1) is 0 Å². The lowest BCUT2D eigenvalue weighted by Crippen LogP contribution is -2.36. The summed E-state index contributed by atoms with van der Waals surface area (Å²) in [7, 11) is 0. The predicted octanol–water partition coefficient (Wildman–Crippen LogP) is 2.59. The van der Waals surface area contributed by atoms with E-state index in [0.29, 0.717) is 50.5 Å². The second-order valence-corrected chi connectivity index (χ2v) is 6.78. The summed E-state index contributed by atoms with van der Waals surface area (Å²) in [6.07, 6.45) is 5.23. The molecule has 0 radical (unpaired) electrons. The van der Waals surface area contributed by atoms with Gasteiger partial charge in [-0.05, 0) is 49.3 Å². The molecule has 3 rings (SSSR count). The molecule has 1 heterocycles. The number of nitrogens with one attached hydrogen (secondary N) is 1. The Labute approximate surface area is 136 Å². The van der Waals surface area contributed by atoms with Gasteiger partial charge in [-0.25, -0.2) is 4.39 Å². The van der Waals surface area contributed by atoms with Crippen molar-refractivity contribution in [3.8, 4) is 0 Å². The molecule has 1 aliphatic carbocycles. The summed E-state index contributed by atoms with van der Waals surface area (Å²) in [6, 6.07) is 5.15. The summed E-state index contributed by atoms with van der Waals surface area (Å²) in [5, 5.41) is 12.4. The fourth-order valence-corrected chi connectivity index (χ4v) is 3.26. The van der Waals surface area contributed by atoms with Crippen LogP contribution in [0.4, 0.5) is 10.1 Å². The van der Waals surface area contributed by atoms with E-state index in [4.69, 9.17) is 0 Å². The molecule has 1 aromatic rings. The molecule has 1 aromatic carbocycles. The molecule has 0 aromatic heterocycles. The first kappa shape index (κ1) is 16.2. The Hall–Kier alpha value is -1.62. The van der Waals surface area contributed by atoms with Gasteiger partial charge in [-0.2, -0.15) is 0 Å². The van der Waals surface area contributed by atoms with Gasteiger partial charge in [0.05, 0.1) is 11.8 Å². The van der Waals surface area contributed by atoms with Gasteiger partial charge in [0.15, 0.2) is 0 Å². The van der Waals surface area contributed by atoms with Crippen LogP contribution in [0.5, 0.6) is 0 Å². The molecule has 0 unspecified atom stereocenters. The topological polar surface area (TPSA) is 52.6 Å². The van der Waals surface area contributed by atoms with E-state index in [9.17, 15) is 14.3 Å². The van der Waals surface area contributed by atoms with Gasteiger partial charge in [0.1, 0.15) is 5.82 Å². The average Bonchev–Trinajstić information content (AvgIpc) is 2.50. The van der Waals surface area contributed by atoms with E-state index in [1.165, 1.54) is 12.5 Å². The van der Waals surface area contributed by atoms with Crippen LogP contribution in [-0.4, -0.2) is 30.2 Å². The number of aliphatic hydroxyl groups excluding tert-OH is 1. The molecule has 5 heteroatoms. The minimum Gasteiger partial charge on any atom is -0.393 e. The maximum Gasteiger partial charge on any atom is 0.220 e. The van der Waals surface area contributed by atoms with Crippen LogP contribution in [0.1, 0.15) is 44.1 Å². The van der Waals surface area contributed by atoms with Crippen molar-refractivity contribution < 1.29 is 14.3 Å². The lowest BCUT2D eigenvalue weighted by molar-refractivity contribution is -0.122. The Morgan fingerprint density at radius 2 is 2.00 bits per heavy atom. The van der Waals surface area contributed by atoms with Crippen LogP contribution in [0.3, 0.4) is 0 Å². The summed E-state index contributed by atoms with van der Waals surface area (Å²) in [6.45, 7) is 1.73. The van der Waals surface area contributed by atoms with Gasteiger partial charge in [-0.3, -0.25) is 4.79 Å². The number of halogens is 1. The second-order valence-electron chi connectivity index (χ2n) is 6.78. The molecular weight excluding hydrogens is 295 g/mol. The number of aliphatic hydroxyl groups is 1. The van der Waals surface area contributed by atoms with Crippen LogP contribution in [0.25, 0.3) is 0 Å². The highest BCUT2D eigenvalue weighted by Crippen LogP contribution is 2.29. The molecule has 4 nitrogen and oxygen atoms in total. The molecule has 2 aliphatic rings. The van der Waals surface area contributed by atoms with Crippen molar-refractivity contribution in [1.82, 2.24) is 5.32 Å². The summed E-state index contributed by atoms with van der Waals surface area (Å²) in [4.78, 5) is 13.8. The largest absolute Gasteiger partial charge is 0.393 e. The Kier molecular flexibility index (Phi) is 5.16. The Morgan fingerprint density at radius 3 is 2.61 bits per heavy atom. The van der Waals surface area contributed by atoms with Gasteiger partial charge >= 0.3 is 0 Å². The molecule has 23 heavy (non-hydrogen) atoms. The molecule has 126 valence electrons. The zero-order chi connectivity index (χ0) is 16.2. The third-order valence-electron chi connectivity index (χ3n) is 5.01. The lowest BCUT2D eigenvalue weighted by atomic mass is 9.83. The Balaban J connectivity index is 1.53. The van der Waals surface area contributed by atoms with Crippen molar-refractivity contribution in [2.45, 2.75) is 51.2 Å². The minimum absolute atomic E-state index is 0.0594. The highest BCUT2D eigenvalue weighted by atomic mass is 19.1. The normalized spacial score (nSPS) is 19.5. The third kappa shape index (κ3) is 4.22. The summed E-state index contributed by atoms with van der Waals surface area (Å²) < 4.78 is 14.3. The van der Waals surface area contributed by atoms with E-state index in [2.05, 4.69) is 5.32 Å². The molecule has 0 atom stereocenters. The summed E-state index contributed by atoms with van der Waals surface area (Å²) >= 11 is 0. The maximum atomic E-state index is 14.3. The number of rotatable bonds is 5. The highest BCUT2D eigenvalue weighted by molar-refractivity contribution is 5.76. The van der Waals surface area contributed by atoms with Crippen LogP contribution in [-0.2, 0) is 11.3 Å². The number of nitrogens with zero attached hydrogens (tertiary/aromatic N) is 1. The molecule has 2 N–H and O–H groups in total. The number of carbonyl (C=O) groups excluding carboxylic acids is 1. The fraction of sp³-hybridized carbons (Fsp3) is 0.611. The van der Waals surface area contributed by atoms with Crippen molar-refractivity contribution in [2.24, 2.45) is 5.92 Å². The zero-order valence-electron chi connectivity index (χ0n) is 13.4. The quantitative estimate of drug-likeness (QED) is 0.877. The number of carbonyl (C=O) groups is 1. The van der Waals surface area contributed by atoms with E-state index < -0.39 is 0 Å². The van der Waals surface area contributed by atoms with Gasteiger partial charge in [0.25, 0.3) is 0 Å². The lowest BCUT2D eigenvalue weighted by Gasteiger charge is -2.31. The van der Waals surface area contributed by atoms with Crippen LogP contribution >= 0.6 is 0 Å². The SMILES string of the molecule is O=C(CC1CCC1)NCc1ccc(N2CCC(O)CC2)c(F)c1. The number of anilines is 1. The van der Waals surface area contributed by atoms with Gasteiger partial charge < -0.3 is 15.3 Å². The van der Waals surface area contributed by atoms with Crippen molar-refractivity contribution in [3.63, 3.8) is 0 Å². The fourth-order valence-electron chi connectivity index (χ4n) is 3.26. The standard InChI is InChI=1S/C18H25FN2O2/c19-16-10-14(12-20-18(23)11-13-2-1-3-13)4-5-17(16)21-8-6-15(22)7-9-21/h4-5,10,13,15,22H,1-3,6-9,11-12H2,(H,20,23). The third-order valence-corrected chi connectivity index (χ3v) is 5.01. The Bertz CT molecular complexity index is 552. The monoisotopic (exact) mass is 320 g/mol. The highest BCUT2D eigenvalue weighted by Gasteiger charge is 2.21. The van der Waals surface area contributed by atoms with E-state index in [-0.39, 0.29) is 17.8 Å². The van der Waals surface area contributed by atoms with Crippen LogP contribution in [0.15, 0.2) is 18.2 Å². The van der Waals surface area contributed by atoms with E-state index in [1.54, 1.807) is 6.07 Å². The van der Waals surface area contributed by atoms with Crippen LogP contribution in [0.2, 0.25) is 0 Å². The minimum atomic E-state index is -0.264. The summed E-state index contributed by atoms with van der Waals surface area (Å²) in [5.41, 5.74) is 1.37. The number of amides is 1. The molecule has 1 saturated heterocycles. The first-order valence-corrected chi connectivity index (χ1v) is 8.60.